The van der Waals surface area contributed by atoms with Crippen molar-refractivity contribution in [3.05, 3.63) is 0 Å². The van der Waals surface area contributed by atoms with Crippen LogP contribution in [0.25, 0.3) is 0 Å². The summed E-state index contributed by atoms with van der Waals surface area (Å²) >= 11 is 0. The van der Waals surface area contributed by atoms with Gasteiger partial charge in [-0.05, 0) is 24.7 Å². The van der Waals surface area contributed by atoms with E-state index in [0.717, 1.165) is 13.2 Å². The maximum atomic E-state index is 5.76. The minimum absolute atomic E-state index is 0.371. The summed E-state index contributed by atoms with van der Waals surface area (Å²) < 4.78 is 11.5. The molecular formula is C12H24O2. The third-order valence-electron chi connectivity index (χ3n) is 2.44. The van der Waals surface area contributed by atoms with E-state index >= 15 is 0 Å². The van der Waals surface area contributed by atoms with Gasteiger partial charge in [0.15, 0.2) is 0 Å². The highest BCUT2D eigenvalue weighted by molar-refractivity contribution is 4.82. The molecule has 0 aromatic rings. The van der Waals surface area contributed by atoms with Gasteiger partial charge in [-0.15, -0.1) is 0 Å². The molecule has 1 saturated carbocycles. The largest absolute Gasteiger partial charge is 0.375 e. The predicted molar refractivity (Wildman–Crippen MR) is 58.4 cm³/mol. The van der Waals surface area contributed by atoms with Crippen molar-refractivity contribution in [2.24, 2.45) is 11.8 Å². The molecule has 1 rings (SSSR count). The van der Waals surface area contributed by atoms with Crippen LogP contribution in [0, 0.1) is 11.8 Å². The SMILES string of the molecule is CC(C)CO[C@H]1CC[C@H]1OCC(C)C. The minimum Gasteiger partial charge on any atom is -0.375 e. The lowest BCUT2D eigenvalue weighted by Crippen LogP contribution is -2.42. The fourth-order valence-corrected chi connectivity index (χ4v) is 1.45. The zero-order valence-electron chi connectivity index (χ0n) is 9.95. The van der Waals surface area contributed by atoms with Crippen LogP contribution in [-0.4, -0.2) is 25.4 Å². The minimum atomic E-state index is 0.371. The average molecular weight is 200 g/mol. The fourth-order valence-electron chi connectivity index (χ4n) is 1.45. The molecule has 1 aliphatic rings. The van der Waals surface area contributed by atoms with Gasteiger partial charge in [-0.25, -0.2) is 0 Å². The van der Waals surface area contributed by atoms with Crippen LogP contribution in [0.2, 0.25) is 0 Å². The number of rotatable bonds is 6. The third-order valence-corrected chi connectivity index (χ3v) is 2.44. The van der Waals surface area contributed by atoms with Crippen molar-refractivity contribution in [1.29, 1.82) is 0 Å². The van der Waals surface area contributed by atoms with Crippen LogP contribution in [-0.2, 0) is 9.47 Å². The Labute approximate surface area is 88.0 Å². The van der Waals surface area contributed by atoms with E-state index in [2.05, 4.69) is 27.7 Å². The molecule has 84 valence electrons. The molecule has 2 heteroatoms. The second-order valence-electron chi connectivity index (χ2n) is 5.11. The highest BCUT2D eigenvalue weighted by Gasteiger charge is 2.32. The Morgan fingerprint density at radius 3 is 1.43 bits per heavy atom. The van der Waals surface area contributed by atoms with Crippen molar-refractivity contribution in [2.75, 3.05) is 13.2 Å². The average Bonchev–Trinajstić information content (AvgIpc) is 2.01. The van der Waals surface area contributed by atoms with E-state index in [4.69, 9.17) is 9.47 Å². The molecule has 0 spiro atoms. The Morgan fingerprint density at radius 1 is 0.857 bits per heavy atom. The lowest BCUT2D eigenvalue weighted by molar-refractivity contribution is -0.136. The van der Waals surface area contributed by atoms with E-state index in [0.29, 0.717) is 24.0 Å². The fraction of sp³-hybridized carbons (Fsp3) is 1.00. The van der Waals surface area contributed by atoms with E-state index < -0.39 is 0 Å². The van der Waals surface area contributed by atoms with E-state index in [-0.39, 0.29) is 0 Å². The topological polar surface area (TPSA) is 18.5 Å². The first-order valence-electron chi connectivity index (χ1n) is 5.82. The summed E-state index contributed by atoms with van der Waals surface area (Å²) in [7, 11) is 0. The molecule has 0 aliphatic heterocycles. The summed E-state index contributed by atoms with van der Waals surface area (Å²) in [6, 6.07) is 0. The van der Waals surface area contributed by atoms with E-state index in [1.165, 1.54) is 12.8 Å². The first-order chi connectivity index (χ1) is 6.59. The first kappa shape index (κ1) is 12.0. The summed E-state index contributed by atoms with van der Waals surface area (Å²) in [5.74, 6) is 1.25. The highest BCUT2D eigenvalue weighted by atomic mass is 16.5. The molecule has 0 saturated heterocycles. The van der Waals surface area contributed by atoms with Gasteiger partial charge < -0.3 is 9.47 Å². The van der Waals surface area contributed by atoms with Gasteiger partial charge in [0, 0.05) is 13.2 Å². The Morgan fingerprint density at radius 2 is 1.21 bits per heavy atom. The highest BCUT2D eigenvalue weighted by Crippen LogP contribution is 2.27. The molecule has 0 amide bonds. The number of hydrogen-bond acceptors (Lipinski definition) is 2. The zero-order chi connectivity index (χ0) is 10.6. The quantitative estimate of drug-likeness (QED) is 0.656. The van der Waals surface area contributed by atoms with Gasteiger partial charge in [-0.1, -0.05) is 27.7 Å². The molecule has 14 heavy (non-hydrogen) atoms. The van der Waals surface area contributed by atoms with Gasteiger partial charge in [-0.2, -0.15) is 0 Å². The van der Waals surface area contributed by atoms with Crippen LogP contribution in [0.4, 0.5) is 0 Å². The molecule has 2 atom stereocenters. The lowest BCUT2D eigenvalue weighted by Gasteiger charge is -2.36. The summed E-state index contributed by atoms with van der Waals surface area (Å²) in [6.45, 7) is 10.5. The van der Waals surface area contributed by atoms with Crippen molar-refractivity contribution in [2.45, 2.75) is 52.7 Å². The van der Waals surface area contributed by atoms with Gasteiger partial charge in [0.25, 0.3) is 0 Å². The molecule has 0 unspecified atom stereocenters. The summed E-state index contributed by atoms with van der Waals surface area (Å²) in [5, 5.41) is 0. The summed E-state index contributed by atoms with van der Waals surface area (Å²) in [4.78, 5) is 0. The van der Waals surface area contributed by atoms with E-state index in [9.17, 15) is 0 Å². The Hall–Kier alpha value is -0.0800. The molecule has 2 nitrogen and oxygen atoms in total. The normalized spacial score (nSPS) is 27.0. The van der Waals surface area contributed by atoms with Crippen LogP contribution in [0.5, 0.6) is 0 Å². The van der Waals surface area contributed by atoms with E-state index in [1.54, 1.807) is 0 Å². The van der Waals surface area contributed by atoms with Crippen molar-refractivity contribution in [1.82, 2.24) is 0 Å². The standard InChI is InChI=1S/C12H24O2/c1-9(2)7-13-11-5-6-12(11)14-8-10(3)4/h9-12H,5-8H2,1-4H3/t11-,12+. The zero-order valence-corrected chi connectivity index (χ0v) is 9.95. The van der Waals surface area contributed by atoms with Crippen molar-refractivity contribution in [3.63, 3.8) is 0 Å². The van der Waals surface area contributed by atoms with Crippen LogP contribution in [0.3, 0.4) is 0 Å². The van der Waals surface area contributed by atoms with Gasteiger partial charge in [-0.3, -0.25) is 0 Å². The number of hydrogen-bond donors (Lipinski definition) is 0. The van der Waals surface area contributed by atoms with Crippen LogP contribution in [0.15, 0.2) is 0 Å². The maximum Gasteiger partial charge on any atom is 0.0837 e. The van der Waals surface area contributed by atoms with Crippen LogP contribution in [0.1, 0.15) is 40.5 Å². The molecule has 0 heterocycles. The van der Waals surface area contributed by atoms with Crippen molar-refractivity contribution >= 4 is 0 Å². The molecule has 1 fully saturated rings. The summed E-state index contributed by atoms with van der Waals surface area (Å²) in [5.41, 5.74) is 0. The van der Waals surface area contributed by atoms with Gasteiger partial charge in [0.1, 0.15) is 0 Å². The molecule has 1 aliphatic carbocycles. The molecule has 0 N–H and O–H groups in total. The number of ether oxygens (including phenoxy) is 2. The van der Waals surface area contributed by atoms with E-state index in [1.807, 2.05) is 0 Å². The molecule has 0 bridgehead atoms. The summed E-state index contributed by atoms with van der Waals surface area (Å²) in [6.07, 6.45) is 3.10. The Balaban J connectivity index is 2.09. The molecular weight excluding hydrogens is 176 g/mol. The monoisotopic (exact) mass is 200 g/mol. The van der Waals surface area contributed by atoms with Crippen molar-refractivity contribution in [3.8, 4) is 0 Å². The van der Waals surface area contributed by atoms with Crippen molar-refractivity contribution < 1.29 is 9.47 Å². The molecule has 0 radical (unpaired) electrons. The molecule has 0 aromatic carbocycles. The van der Waals surface area contributed by atoms with Gasteiger partial charge in [0.05, 0.1) is 12.2 Å². The van der Waals surface area contributed by atoms with Gasteiger partial charge in [0.2, 0.25) is 0 Å². The Kier molecular flexibility index (Phi) is 4.90. The molecule has 0 aromatic heterocycles. The maximum absolute atomic E-state index is 5.76. The smallest absolute Gasteiger partial charge is 0.0837 e. The predicted octanol–water partition coefficient (Wildman–Crippen LogP) is 2.86. The third kappa shape index (κ3) is 3.97. The van der Waals surface area contributed by atoms with Gasteiger partial charge >= 0.3 is 0 Å². The van der Waals surface area contributed by atoms with Crippen LogP contribution < -0.4 is 0 Å². The lowest BCUT2D eigenvalue weighted by atomic mass is 9.91. The second kappa shape index (κ2) is 5.72. The van der Waals surface area contributed by atoms with Crippen LogP contribution >= 0.6 is 0 Å². The Bertz CT molecular complexity index is 136. The first-order valence-corrected chi connectivity index (χ1v) is 5.82. The second-order valence-corrected chi connectivity index (χ2v) is 5.11.